The molecule has 0 amide bonds. The average Bonchev–Trinajstić information content (AvgIpc) is 3.22. The van der Waals surface area contributed by atoms with Gasteiger partial charge in [0.2, 0.25) is 0 Å². The molecule has 53 heavy (non-hydrogen) atoms. The van der Waals surface area contributed by atoms with Gasteiger partial charge in [0.05, 0.1) is 0 Å². The van der Waals surface area contributed by atoms with Gasteiger partial charge in [0.1, 0.15) is 0 Å². The fourth-order valence-electron chi connectivity index (χ4n) is 7.62. The van der Waals surface area contributed by atoms with Crippen LogP contribution in [0.1, 0.15) is 12.5 Å². The van der Waals surface area contributed by atoms with Crippen LogP contribution in [-0.4, -0.2) is 6.54 Å². The van der Waals surface area contributed by atoms with Crippen molar-refractivity contribution in [1.82, 2.24) is 0 Å². The summed E-state index contributed by atoms with van der Waals surface area (Å²) in [5, 5.41) is 4.95. The number of benzene rings is 8. The van der Waals surface area contributed by atoms with E-state index in [9.17, 15) is 0 Å². The first-order chi connectivity index (χ1) is 26.2. The van der Waals surface area contributed by atoms with E-state index in [0.717, 1.165) is 29.2 Å². The molecule has 2 heteroatoms. The molecule has 0 N–H and O–H groups in total. The fraction of sp³-hybridized carbons (Fsp3) is 0.0588. The van der Waals surface area contributed by atoms with Crippen molar-refractivity contribution in [3.63, 3.8) is 0 Å². The zero-order valence-electron chi connectivity index (χ0n) is 30.1. The molecule has 8 aromatic rings. The monoisotopic (exact) mass is 682 g/mol. The lowest BCUT2D eigenvalue weighted by molar-refractivity contribution is 1.07. The Hall–Kier alpha value is -6.64. The summed E-state index contributed by atoms with van der Waals surface area (Å²) in [5.74, 6) is 0. The number of fused-ring (bicyclic) bond motifs is 2. The Morgan fingerprint density at radius 3 is 1.55 bits per heavy atom. The fourth-order valence-corrected chi connectivity index (χ4v) is 7.62. The SMILES string of the molecule is C=CCN(c1ccccc1)c1ccc(N(c2ccccc2)c2ccc3c(-c4ccccc4)c4ccccc4c(-c4ccccc4)c3c2)cc1C/C=C\C. The van der Waals surface area contributed by atoms with E-state index in [0.29, 0.717) is 6.54 Å². The van der Waals surface area contributed by atoms with Gasteiger partial charge in [0.15, 0.2) is 0 Å². The van der Waals surface area contributed by atoms with Gasteiger partial charge in [-0.2, -0.15) is 0 Å². The van der Waals surface area contributed by atoms with Crippen LogP contribution in [0.25, 0.3) is 43.8 Å². The van der Waals surface area contributed by atoms with Crippen LogP contribution in [0.3, 0.4) is 0 Å². The molecule has 0 aromatic heterocycles. The van der Waals surface area contributed by atoms with Gasteiger partial charge in [0.25, 0.3) is 0 Å². The molecule has 0 aliphatic rings. The number of nitrogens with zero attached hydrogens (tertiary/aromatic N) is 2. The van der Waals surface area contributed by atoms with Crippen LogP contribution in [0.5, 0.6) is 0 Å². The van der Waals surface area contributed by atoms with Crippen LogP contribution < -0.4 is 9.80 Å². The molecule has 0 saturated heterocycles. The molecule has 8 aromatic carbocycles. The molecule has 0 bridgehead atoms. The Kier molecular flexibility index (Phi) is 9.68. The molecule has 0 fully saturated rings. The highest BCUT2D eigenvalue weighted by molar-refractivity contribution is 6.22. The maximum atomic E-state index is 4.10. The molecule has 256 valence electrons. The zero-order chi connectivity index (χ0) is 36.0. The van der Waals surface area contributed by atoms with E-state index in [-0.39, 0.29) is 0 Å². The number of allylic oxidation sites excluding steroid dienone is 2. The molecule has 2 nitrogen and oxygen atoms in total. The molecule has 0 spiro atoms. The Bertz CT molecular complexity index is 2520. The van der Waals surface area contributed by atoms with Gasteiger partial charge in [-0.25, -0.2) is 0 Å². The van der Waals surface area contributed by atoms with E-state index in [1.54, 1.807) is 0 Å². The first kappa shape index (κ1) is 33.5. The van der Waals surface area contributed by atoms with Gasteiger partial charge in [-0.1, -0.05) is 146 Å². The van der Waals surface area contributed by atoms with Crippen molar-refractivity contribution in [2.75, 3.05) is 16.3 Å². The summed E-state index contributed by atoms with van der Waals surface area (Å²) in [6.45, 7) is 6.90. The van der Waals surface area contributed by atoms with Crippen LogP contribution in [0.15, 0.2) is 207 Å². The van der Waals surface area contributed by atoms with E-state index in [4.69, 9.17) is 0 Å². The lowest BCUT2D eigenvalue weighted by Gasteiger charge is -2.30. The summed E-state index contributed by atoms with van der Waals surface area (Å²) in [6.07, 6.45) is 7.16. The standard InChI is InChI=1S/C51H42N2/c1-3-5-20-40-36-43(32-34-49(40)52(35-4-2)41-25-14-8-15-26-41)53(42-27-16-9-17-28-42)44-31-33-47-48(37-44)51(39-23-12-7-13-24-39)46-30-19-18-29-45(46)50(47)38-21-10-6-11-22-38/h3-19,21-34,36-37H,2,20,35H2,1H3/b5-3-. The molecule has 0 unspecified atom stereocenters. The van der Waals surface area contributed by atoms with Crippen molar-refractivity contribution in [2.45, 2.75) is 13.3 Å². The number of anilines is 5. The van der Waals surface area contributed by atoms with E-state index >= 15 is 0 Å². The summed E-state index contributed by atoms with van der Waals surface area (Å²) >= 11 is 0. The van der Waals surface area contributed by atoms with E-state index < -0.39 is 0 Å². The van der Waals surface area contributed by atoms with Crippen LogP contribution in [0.2, 0.25) is 0 Å². The summed E-state index contributed by atoms with van der Waals surface area (Å²) in [7, 11) is 0. The highest BCUT2D eigenvalue weighted by atomic mass is 15.2. The molecule has 0 heterocycles. The summed E-state index contributed by atoms with van der Waals surface area (Å²) in [5.41, 5.74) is 11.8. The number of para-hydroxylation sites is 2. The van der Waals surface area contributed by atoms with Crippen molar-refractivity contribution >= 4 is 50.0 Å². The summed E-state index contributed by atoms with van der Waals surface area (Å²) in [4.78, 5) is 4.75. The lowest BCUT2D eigenvalue weighted by Crippen LogP contribution is -2.19. The molecule has 0 aliphatic carbocycles. The van der Waals surface area contributed by atoms with Gasteiger partial charge >= 0.3 is 0 Å². The van der Waals surface area contributed by atoms with Crippen molar-refractivity contribution in [3.05, 3.63) is 212 Å². The Morgan fingerprint density at radius 1 is 0.472 bits per heavy atom. The smallest absolute Gasteiger partial charge is 0.0468 e. The van der Waals surface area contributed by atoms with Gasteiger partial charge < -0.3 is 9.80 Å². The molecule has 0 saturated carbocycles. The number of rotatable bonds is 11. The Morgan fingerprint density at radius 2 is 0.962 bits per heavy atom. The molecule has 0 atom stereocenters. The van der Waals surface area contributed by atoms with E-state index in [2.05, 4.69) is 217 Å². The highest BCUT2D eigenvalue weighted by Crippen LogP contribution is 2.46. The molecule has 0 aliphatic heterocycles. The largest absolute Gasteiger partial charge is 0.337 e. The Labute approximate surface area is 313 Å². The van der Waals surface area contributed by atoms with Crippen LogP contribution in [0.4, 0.5) is 28.4 Å². The Balaban J connectivity index is 1.39. The first-order valence-electron chi connectivity index (χ1n) is 18.4. The van der Waals surface area contributed by atoms with Crippen molar-refractivity contribution in [3.8, 4) is 22.3 Å². The molecular weight excluding hydrogens is 641 g/mol. The third-order valence-corrected chi connectivity index (χ3v) is 9.97. The quantitative estimate of drug-likeness (QED) is 0.0990. The minimum Gasteiger partial charge on any atom is -0.337 e. The summed E-state index contributed by atoms with van der Waals surface area (Å²) in [6, 6.07) is 65.8. The maximum absolute atomic E-state index is 4.10. The number of hydrogen-bond acceptors (Lipinski definition) is 2. The molecular formula is C51H42N2. The third kappa shape index (κ3) is 6.64. The van der Waals surface area contributed by atoms with Crippen LogP contribution in [-0.2, 0) is 6.42 Å². The van der Waals surface area contributed by atoms with Gasteiger partial charge in [0, 0.05) is 35.0 Å². The third-order valence-electron chi connectivity index (χ3n) is 9.97. The maximum Gasteiger partial charge on any atom is 0.0468 e. The first-order valence-corrected chi connectivity index (χ1v) is 18.4. The predicted molar refractivity (Wildman–Crippen MR) is 229 cm³/mol. The van der Waals surface area contributed by atoms with Crippen LogP contribution in [0, 0.1) is 0 Å². The number of hydrogen-bond donors (Lipinski definition) is 0. The zero-order valence-corrected chi connectivity index (χ0v) is 30.1. The van der Waals surface area contributed by atoms with Crippen molar-refractivity contribution in [1.29, 1.82) is 0 Å². The van der Waals surface area contributed by atoms with Gasteiger partial charge in [-0.15, -0.1) is 6.58 Å². The van der Waals surface area contributed by atoms with Gasteiger partial charge in [-0.05, 0) is 117 Å². The molecule has 8 rings (SSSR count). The van der Waals surface area contributed by atoms with Gasteiger partial charge in [-0.3, -0.25) is 0 Å². The van der Waals surface area contributed by atoms with Crippen molar-refractivity contribution in [2.24, 2.45) is 0 Å². The minimum absolute atomic E-state index is 0.708. The lowest BCUT2D eigenvalue weighted by atomic mass is 9.85. The average molecular weight is 683 g/mol. The van der Waals surface area contributed by atoms with Crippen LogP contribution >= 0.6 is 0 Å². The second-order valence-corrected chi connectivity index (χ2v) is 13.2. The second-order valence-electron chi connectivity index (χ2n) is 13.2. The van der Waals surface area contributed by atoms with E-state index in [1.165, 1.54) is 55.0 Å². The minimum atomic E-state index is 0.708. The second kappa shape index (κ2) is 15.3. The normalized spacial score (nSPS) is 11.3. The molecule has 0 radical (unpaired) electrons. The van der Waals surface area contributed by atoms with E-state index in [1.807, 2.05) is 6.08 Å². The summed E-state index contributed by atoms with van der Waals surface area (Å²) < 4.78 is 0. The predicted octanol–water partition coefficient (Wildman–Crippen LogP) is 14.2. The topological polar surface area (TPSA) is 6.48 Å². The van der Waals surface area contributed by atoms with Crippen molar-refractivity contribution < 1.29 is 0 Å². The highest BCUT2D eigenvalue weighted by Gasteiger charge is 2.21.